The van der Waals surface area contributed by atoms with Crippen molar-refractivity contribution in [2.75, 3.05) is 27.9 Å². The number of hydrogen-bond acceptors (Lipinski definition) is 4. The summed E-state index contributed by atoms with van der Waals surface area (Å²) in [6.45, 7) is 5.09. The average Bonchev–Trinajstić information content (AvgIpc) is 3.07. The predicted molar refractivity (Wildman–Crippen MR) is 66.5 cm³/mol. The van der Waals surface area contributed by atoms with Crippen molar-refractivity contribution in [1.82, 2.24) is 0 Å². The number of ether oxygens (including phenoxy) is 1. The molecule has 1 saturated carbocycles. The van der Waals surface area contributed by atoms with Crippen LogP contribution in [0.3, 0.4) is 0 Å². The van der Waals surface area contributed by atoms with Gasteiger partial charge >= 0.3 is 10.0 Å². The van der Waals surface area contributed by atoms with Crippen LogP contribution in [0.15, 0.2) is 0 Å². The van der Waals surface area contributed by atoms with Gasteiger partial charge in [-0.15, -0.1) is 0 Å². The van der Waals surface area contributed by atoms with Crippen LogP contribution in [-0.2, 0) is 13.6 Å². The maximum Gasteiger partial charge on any atom is 0.303 e. The Kier molecular flexibility index (Phi) is 16.4. The van der Waals surface area contributed by atoms with Crippen LogP contribution in [0.25, 0.3) is 0 Å². The highest BCUT2D eigenvalue weighted by Crippen LogP contribution is 2.33. The third kappa shape index (κ3) is 14.1. The van der Waals surface area contributed by atoms with Crippen molar-refractivity contribution in [3.05, 3.63) is 0 Å². The zero-order valence-electron chi connectivity index (χ0n) is 10.8. The van der Waals surface area contributed by atoms with Gasteiger partial charge in [0.05, 0.1) is 6.10 Å². The molecule has 1 fully saturated rings. The second-order valence-corrected chi connectivity index (χ2v) is 4.58. The highest BCUT2D eigenvalue weighted by atomic mass is 28.3. The maximum atomic E-state index is 5.37. The minimum atomic E-state index is -0.568. The highest BCUT2D eigenvalue weighted by Gasteiger charge is 2.27. The van der Waals surface area contributed by atoms with Crippen molar-refractivity contribution in [3.8, 4) is 0 Å². The standard InChI is InChI=1S/C7H14O.C2H8O2Si.CH5N/c1-3-8-6(2)7-4-5-7;1-3-5-4-2;1-2/h6-7H,3-5H2,1-2H3;5H2,1-2H3;2H2,1H3. The van der Waals surface area contributed by atoms with Crippen LogP contribution in [0.1, 0.15) is 26.7 Å². The van der Waals surface area contributed by atoms with Crippen molar-refractivity contribution in [1.29, 1.82) is 0 Å². The van der Waals surface area contributed by atoms with Crippen molar-refractivity contribution >= 4 is 10.0 Å². The fraction of sp³-hybridized carbons (Fsp3) is 1.00. The number of nitrogens with two attached hydrogens (primary N) is 1. The fourth-order valence-corrected chi connectivity index (χ4v) is 1.32. The Bertz CT molecular complexity index is 111. The molecule has 0 saturated heterocycles. The predicted octanol–water partition coefficient (Wildman–Crippen LogP) is 0.674. The summed E-state index contributed by atoms with van der Waals surface area (Å²) in [5.74, 6) is 0.898. The van der Waals surface area contributed by atoms with Crippen LogP contribution < -0.4 is 5.73 Å². The van der Waals surface area contributed by atoms with E-state index in [0.29, 0.717) is 6.10 Å². The molecule has 15 heavy (non-hydrogen) atoms. The normalized spacial score (nSPS) is 15.6. The SMILES string of the molecule is CCOC(C)C1CC1.CN.CO[SiH2]OC. The second kappa shape index (κ2) is 14.1. The third-order valence-electron chi connectivity index (χ3n) is 1.95. The molecule has 0 bridgehead atoms. The van der Waals surface area contributed by atoms with Gasteiger partial charge in [-0.1, -0.05) is 0 Å². The first-order valence-electron chi connectivity index (χ1n) is 5.43. The van der Waals surface area contributed by atoms with Gasteiger partial charge in [-0.05, 0) is 39.7 Å². The molecule has 1 unspecified atom stereocenters. The molecule has 1 aliphatic rings. The van der Waals surface area contributed by atoms with Crippen LogP contribution in [0, 0.1) is 5.92 Å². The third-order valence-corrected chi connectivity index (χ3v) is 2.42. The van der Waals surface area contributed by atoms with E-state index in [1.54, 1.807) is 14.2 Å². The van der Waals surface area contributed by atoms with Gasteiger partial charge in [0.25, 0.3) is 0 Å². The summed E-state index contributed by atoms with van der Waals surface area (Å²) in [6, 6.07) is 0. The van der Waals surface area contributed by atoms with E-state index in [-0.39, 0.29) is 0 Å². The van der Waals surface area contributed by atoms with Crippen molar-refractivity contribution in [2.24, 2.45) is 11.7 Å². The van der Waals surface area contributed by atoms with Gasteiger partial charge in [0.15, 0.2) is 0 Å². The van der Waals surface area contributed by atoms with Crippen LogP contribution in [0.5, 0.6) is 0 Å². The van der Waals surface area contributed by atoms with Gasteiger partial charge in [0.2, 0.25) is 0 Å². The summed E-state index contributed by atoms with van der Waals surface area (Å²) in [5, 5.41) is 0. The molecule has 94 valence electrons. The van der Waals surface area contributed by atoms with E-state index in [9.17, 15) is 0 Å². The minimum Gasteiger partial charge on any atom is -0.402 e. The quantitative estimate of drug-likeness (QED) is 0.714. The van der Waals surface area contributed by atoms with E-state index in [4.69, 9.17) is 4.74 Å². The van der Waals surface area contributed by atoms with Gasteiger partial charge in [0, 0.05) is 20.8 Å². The smallest absolute Gasteiger partial charge is 0.303 e. The molecule has 0 spiro atoms. The molecule has 0 heterocycles. The minimum absolute atomic E-state index is 0.528. The van der Waals surface area contributed by atoms with Gasteiger partial charge in [-0.2, -0.15) is 0 Å². The van der Waals surface area contributed by atoms with Gasteiger partial charge in [0.1, 0.15) is 0 Å². The second-order valence-electron chi connectivity index (χ2n) is 3.19. The summed E-state index contributed by atoms with van der Waals surface area (Å²) in [4.78, 5) is 0. The molecule has 1 rings (SSSR count). The maximum absolute atomic E-state index is 5.37. The van der Waals surface area contributed by atoms with Gasteiger partial charge in [-0.3, -0.25) is 0 Å². The molecule has 1 aliphatic carbocycles. The topological polar surface area (TPSA) is 53.7 Å². The molecule has 1 atom stereocenters. The summed E-state index contributed by atoms with van der Waals surface area (Å²) < 4.78 is 14.6. The van der Waals surface area contributed by atoms with Gasteiger partial charge in [-0.25, -0.2) is 0 Å². The van der Waals surface area contributed by atoms with E-state index in [1.807, 2.05) is 0 Å². The Morgan fingerprint density at radius 3 is 1.93 bits per heavy atom. The first-order valence-corrected chi connectivity index (χ1v) is 6.58. The number of hydrogen-bond donors (Lipinski definition) is 1. The molecule has 5 heteroatoms. The number of rotatable bonds is 5. The molecule has 0 aliphatic heterocycles. The summed E-state index contributed by atoms with van der Waals surface area (Å²) in [6.07, 6.45) is 3.31. The Labute approximate surface area is 96.5 Å². The summed E-state index contributed by atoms with van der Waals surface area (Å²) >= 11 is 0. The lowest BCUT2D eigenvalue weighted by Gasteiger charge is -2.07. The van der Waals surface area contributed by atoms with Crippen LogP contribution in [0.2, 0.25) is 0 Å². The molecule has 2 N–H and O–H groups in total. The van der Waals surface area contributed by atoms with Crippen LogP contribution >= 0.6 is 0 Å². The molecule has 0 radical (unpaired) electrons. The lowest BCUT2D eigenvalue weighted by molar-refractivity contribution is 0.0609. The van der Waals surface area contributed by atoms with Crippen LogP contribution in [-0.4, -0.2) is 44.0 Å². The largest absolute Gasteiger partial charge is 0.402 e. The van der Waals surface area contributed by atoms with E-state index in [0.717, 1.165) is 12.5 Å². The summed E-state index contributed by atoms with van der Waals surface area (Å²) in [7, 11) is 4.23. The lowest BCUT2D eigenvalue weighted by Crippen LogP contribution is -2.09. The fourth-order valence-electron chi connectivity index (χ4n) is 1.08. The molecule has 0 aromatic carbocycles. The average molecular weight is 237 g/mol. The van der Waals surface area contributed by atoms with E-state index in [1.165, 1.54) is 19.9 Å². The van der Waals surface area contributed by atoms with E-state index in [2.05, 4.69) is 28.4 Å². The monoisotopic (exact) mass is 237 g/mol. The molecular weight excluding hydrogens is 210 g/mol. The zero-order chi connectivity index (χ0) is 12.1. The highest BCUT2D eigenvalue weighted by molar-refractivity contribution is 6.17. The summed E-state index contributed by atoms with van der Waals surface area (Å²) in [5.41, 5.74) is 4.50. The van der Waals surface area contributed by atoms with Crippen molar-refractivity contribution in [2.45, 2.75) is 32.8 Å². The van der Waals surface area contributed by atoms with Gasteiger partial charge < -0.3 is 19.3 Å². The Balaban J connectivity index is 0. The lowest BCUT2D eigenvalue weighted by atomic mass is 10.3. The molecule has 0 aromatic rings. The van der Waals surface area contributed by atoms with Crippen LogP contribution in [0.4, 0.5) is 0 Å². The molecule has 4 nitrogen and oxygen atoms in total. The van der Waals surface area contributed by atoms with E-state index >= 15 is 0 Å². The molecule has 0 aromatic heterocycles. The molecular formula is C10H27NO3Si. The Morgan fingerprint density at radius 2 is 1.73 bits per heavy atom. The molecule has 0 amide bonds. The Hall–Kier alpha value is 0.0569. The zero-order valence-corrected chi connectivity index (χ0v) is 12.2. The van der Waals surface area contributed by atoms with Crippen molar-refractivity contribution in [3.63, 3.8) is 0 Å². The Morgan fingerprint density at radius 1 is 1.27 bits per heavy atom. The van der Waals surface area contributed by atoms with E-state index < -0.39 is 10.0 Å². The first kappa shape index (κ1) is 17.5. The first-order chi connectivity index (χ1) is 7.26. The van der Waals surface area contributed by atoms with Crippen molar-refractivity contribution < 1.29 is 13.6 Å².